The van der Waals surface area contributed by atoms with Crippen LogP contribution < -0.4 is 10.0 Å². The number of hydrogen-bond donors (Lipinski definition) is 3. The van der Waals surface area contributed by atoms with Gasteiger partial charge in [-0.25, -0.2) is 22.9 Å². The molecule has 1 saturated heterocycles. The van der Waals surface area contributed by atoms with Gasteiger partial charge < -0.3 is 19.7 Å². The first kappa shape index (κ1) is 26.9. The number of sulfonamides is 1. The minimum atomic E-state index is -4.13. The number of fused-ring (bicyclic) bond motifs is 2. The Morgan fingerprint density at radius 3 is 2.70 bits per heavy atom. The SMILES string of the molecule is CC(C)(O)c1csc(S(=O)(=O)NC(=O)Nc2c(-c3ccnc4c3ccn4C3CCOCC3)ccc3c2CCC3)c1. The molecule has 0 radical (unpaired) electrons. The first-order valence-corrected chi connectivity index (χ1v) is 15.8. The van der Waals surface area contributed by atoms with Crippen LogP contribution in [0.1, 0.15) is 55.8 Å². The molecule has 1 aromatic carbocycles. The number of rotatable bonds is 6. The number of pyridine rings is 1. The molecular weight excluding hydrogens is 548 g/mol. The molecule has 210 valence electrons. The van der Waals surface area contributed by atoms with Crippen LogP contribution in [0.15, 0.2) is 52.3 Å². The topological polar surface area (TPSA) is 123 Å². The number of thiophene rings is 1. The van der Waals surface area contributed by atoms with Crippen molar-refractivity contribution in [2.75, 3.05) is 18.5 Å². The van der Waals surface area contributed by atoms with Crippen molar-refractivity contribution in [2.24, 2.45) is 0 Å². The Labute approximate surface area is 237 Å². The van der Waals surface area contributed by atoms with E-state index in [2.05, 4.69) is 32.9 Å². The van der Waals surface area contributed by atoms with E-state index in [1.165, 1.54) is 6.07 Å². The molecule has 2 amide bonds. The molecule has 0 unspecified atom stereocenters. The number of aryl methyl sites for hydroxylation is 1. The molecule has 40 heavy (non-hydrogen) atoms. The molecule has 3 aromatic heterocycles. The summed E-state index contributed by atoms with van der Waals surface area (Å²) in [7, 11) is -4.13. The second-order valence-electron chi connectivity index (χ2n) is 10.9. The summed E-state index contributed by atoms with van der Waals surface area (Å²) in [6.07, 6.45) is 8.38. The molecule has 1 fully saturated rings. The predicted octanol–water partition coefficient (Wildman–Crippen LogP) is 5.34. The zero-order valence-corrected chi connectivity index (χ0v) is 24.1. The average Bonchev–Trinajstić information content (AvgIpc) is 3.68. The van der Waals surface area contributed by atoms with Gasteiger partial charge in [0.1, 0.15) is 9.86 Å². The second kappa shape index (κ2) is 10.3. The number of nitrogens with zero attached hydrogens (tertiary/aromatic N) is 2. The summed E-state index contributed by atoms with van der Waals surface area (Å²) in [6.45, 7) is 4.62. The summed E-state index contributed by atoms with van der Waals surface area (Å²) in [5.74, 6) is 0. The molecule has 4 heterocycles. The number of hydrogen-bond acceptors (Lipinski definition) is 7. The Morgan fingerprint density at radius 1 is 1.15 bits per heavy atom. The van der Waals surface area contributed by atoms with Gasteiger partial charge in [0, 0.05) is 42.6 Å². The Bertz CT molecular complexity index is 1690. The van der Waals surface area contributed by atoms with Crippen molar-refractivity contribution in [2.45, 2.75) is 61.8 Å². The number of urea groups is 1. The van der Waals surface area contributed by atoms with Gasteiger partial charge in [0.05, 0.1) is 11.3 Å². The molecule has 0 saturated carbocycles. The van der Waals surface area contributed by atoms with Crippen LogP contribution in [0.5, 0.6) is 0 Å². The van der Waals surface area contributed by atoms with Crippen molar-refractivity contribution in [3.63, 3.8) is 0 Å². The smallest absolute Gasteiger partial charge is 0.333 e. The number of aliphatic hydroxyl groups is 1. The van der Waals surface area contributed by atoms with E-state index in [1.54, 1.807) is 25.4 Å². The van der Waals surface area contributed by atoms with Gasteiger partial charge in [-0.3, -0.25) is 0 Å². The van der Waals surface area contributed by atoms with Crippen LogP contribution in [0, 0.1) is 0 Å². The molecule has 6 rings (SSSR count). The number of nitrogens with one attached hydrogen (secondary N) is 2. The molecular formula is C29H32N4O5S2. The number of anilines is 1. The van der Waals surface area contributed by atoms with Gasteiger partial charge >= 0.3 is 6.03 Å². The van der Waals surface area contributed by atoms with E-state index >= 15 is 0 Å². The largest absolute Gasteiger partial charge is 0.386 e. The van der Waals surface area contributed by atoms with Crippen LogP contribution >= 0.6 is 11.3 Å². The van der Waals surface area contributed by atoms with E-state index in [0.717, 1.165) is 89.9 Å². The second-order valence-corrected chi connectivity index (χ2v) is 13.7. The molecule has 1 aliphatic heterocycles. The summed E-state index contributed by atoms with van der Waals surface area (Å²) in [5.41, 5.74) is 4.71. The lowest BCUT2D eigenvalue weighted by Crippen LogP contribution is -2.34. The molecule has 1 aliphatic carbocycles. The Kier molecular flexibility index (Phi) is 6.94. The highest BCUT2D eigenvalue weighted by Gasteiger charge is 2.27. The molecule has 3 N–H and O–H groups in total. The van der Waals surface area contributed by atoms with Crippen molar-refractivity contribution in [1.29, 1.82) is 0 Å². The highest BCUT2D eigenvalue weighted by atomic mass is 32.2. The highest BCUT2D eigenvalue weighted by molar-refractivity contribution is 7.92. The monoisotopic (exact) mass is 580 g/mol. The summed E-state index contributed by atoms with van der Waals surface area (Å²) in [5, 5.41) is 15.7. The van der Waals surface area contributed by atoms with Crippen LogP contribution in [0.3, 0.4) is 0 Å². The van der Waals surface area contributed by atoms with Gasteiger partial charge in [0.15, 0.2) is 0 Å². The number of benzene rings is 1. The number of aromatic nitrogens is 2. The standard InChI is InChI=1S/C29H32N4O5S2/c1-29(2,35)19-16-25(39-17-19)40(36,37)32-28(34)31-26-21-5-3-4-18(21)6-7-23(26)22-8-12-30-27-24(22)9-13-33(27)20-10-14-38-15-11-20/h6-9,12-13,16-17,20,35H,3-5,10-11,14-15H2,1-2H3,(H2,31,32,34). The lowest BCUT2D eigenvalue weighted by atomic mass is 9.96. The van der Waals surface area contributed by atoms with Gasteiger partial charge in [-0.05, 0) is 91.8 Å². The van der Waals surface area contributed by atoms with E-state index in [0.29, 0.717) is 17.3 Å². The summed E-state index contributed by atoms with van der Waals surface area (Å²) >= 11 is 0.960. The fourth-order valence-electron chi connectivity index (χ4n) is 5.67. The number of carbonyl (C=O) groups excluding carboxylic acids is 1. The number of carbonyl (C=O) groups is 1. The van der Waals surface area contributed by atoms with Crippen molar-refractivity contribution >= 4 is 44.1 Å². The van der Waals surface area contributed by atoms with Gasteiger partial charge in [-0.2, -0.15) is 0 Å². The van der Waals surface area contributed by atoms with Crippen molar-refractivity contribution < 1.29 is 23.1 Å². The fourth-order valence-corrected chi connectivity index (χ4v) is 7.92. The lowest BCUT2D eigenvalue weighted by Gasteiger charge is -2.24. The maximum Gasteiger partial charge on any atom is 0.333 e. The van der Waals surface area contributed by atoms with Crippen LogP contribution in [0.2, 0.25) is 0 Å². The average molecular weight is 581 g/mol. The molecule has 0 spiro atoms. The van der Waals surface area contributed by atoms with Crippen LogP contribution in [0.25, 0.3) is 22.2 Å². The van der Waals surface area contributed by atoms with Gasteiger partial charge in [0.2, 0.25) is 0 Å². The zero-order valence-electron chi connectivity index (χ0n) is 22.4. The predicted molar refractivity (Wildman–Crippen MR) is 155 cm³/mol. The van der Waals surface area contributed by atoms with E-state index < -0.39 is 21.7 Å². The summed E-state index contributed by atoms with van der Waals surface area (Å²) in [6, 6.07) is 8.99. The van der Waals surface area contributed by atoms with Crippen LogP contribution in [-0.2, 0) is 33.2 Å². The van der Waals surface area contributed by atoms with Crippen molar-refractivity contribution in [1.82, 2.24) is 14.3 Å². The van der Waals surface area contributed by atoms with Crippen molar-refractivity contribution in [3.8, 4) is 11.1 Å². The van der Waals surface area contributed by atoms with E-state index in [-0.39, 0.29) is 4.21 Å². The van der Waals surface area contributed by atoms with Gasteiger partial charge in [0.25, 0.3) is 10.0 Å². The van der Waals surface area contributed by atoms with E-state index in [4.69, 9.17) is 9.72 Å². The zero-order chi connectivity index (χ0) is 28.1. The molecule has 0 atom stereocenters. The van der Waals surface area contributed by atoms with E-state index in [1.807, 2.05) is 12.1 Å². The molecule has 9 nitrogen and oxygen atoms in total. The number of amides is 2. The third-order valence-electron chi connectivity index (χ3n) is 7.78. The first-order chi connectivity index (χ1) is 19.1. The normalized spacial score (nSPS) is 16.3. The first-order valence-electron chi connectivity index (χ1n) is 13.5. The summed E-state index contributed by atoms with van der Waals surface area (Å²) < 4.78 is 35.9. The Balaban J connectivity index is 1.34. The van der Waals surface area contributed by atoms with Crippen LogP contribution in [0.4, 0.5) is 10.5 Å². The fraction of sp³-hybridized carbons (Fsp3) is 0.379. The molecule has 0 bridgehead atoms. The number of ether oxygens (including phenoxy) is 1. The Morgan fingerprint density at radius 2 is 1.95 bits per heavy atom. The highest BCUT2D eigenvalue weighted by Crippen LogP contribution is 2.41. The maximum absolute atomic E-state index is 13.2. The molecule has 4 aromatic rings. The van der Waals surface area contributed by atoms with Gasteiger partial charge in [-0.1, -0.05) is 12.1 Å². The third-order valence-corrected chi connectivity index (χ3v) is 10.6. The van der Waals surface area contributed by atoms with Crippen molar-refractivity contribution in [3.05, 3.63) is 64.8 Å². The minimum absolute atomic E-state index is 0.0383. The Hall–Kier alpha value is -3.25. The summed E-state index contributed by atoms with van der Waals surface area (Å²) in [4.78, 5) is 17.9. The third kappa shape index (κ3) is 5.03. The van der Waals surface area contributed by atoms with E-state index in [9.17, 15) is 18.3 Å². The minimum Gasteiger partial charge on any atom is -0.386 e. The van der Waals surface area contributed by atoms with Gasteiger partial charge in [-0.15, -0.1) is 11.3 Å². The molecule has 11 heteroatoms. The molecule has 2 aliphatic rings. The van der Waals surface area contributed by atoms with Crippen LogP contribution in [-0.4, -0.2) is 42.3 Å². The quantitative estimate of drug-likeness (QED) is 0.283. The maximum atomic E-state index is 13.2. The lowest BCUT2D eigenvalue weighted by molar-refractivity contribution is 0.0706.